The number of hydrogen-bond donors (Lipinski definition) is 0. The van der Waals surface area contributed by atoms with Gasteiger partial charge in [0.15, 0.2) is 5.75 Å². The molecule has 0 amide bonds. The fourth-order valence-electron chi connectivity index (χ4n) is 0.912. The minimum atomic E-state index is -3.65. The van der Waals surface area contributed by atoms with E-state index >= 15 is 0 Å². The standard InChI is InChI=1S/C8H10N4O2S/c9-3-1-6-12(7-2-4-10)15(13,14)8-5-11/h1-2,6-8H2. The molecule has 0 saturated heterocycles. The molecule has 0 spiro atoms. The molecule has 0 aromatic rings. The fraction of sp³-hybridized carbons (Fsp3) is 0.625. The Balaban J connectivity index is 4.57. The number of nitrogens with zero attached hydrogens (tertiary/aromatic N) is 4. The molecule has 0 aliphatic carbocycles. The maximum absolute atomic E-state index is 11.4. The summed E-state index contributed by atoms with van der Waals surface area (Å²) in [6.07, 6.45) is 0.103. The highest BCUT2D eigenvalue weighted by Crippen LogP contribution is 2.03. The predicted octanol–water partition coefficient (Wildman–Crippen LogP) is -0.0309. The zero-order valence-corrected chi connectivity index (χ0v) is 8.87. The summed E-state index contributed by atoms with van der Waals surface area (Å²) in [5.41, 5.74) is 0. The molecule has 0 rings (SSSR count). The SMILES string of the molecule is N#CCCN(CCC#N)S(=O)(=O)CC#N. The van der Waals surface area contributed by atoms with E-state index < -0.39 is 15.8 Å². The van der Waals surface area contributed by atoms with E-state index in [9.17, 15) is 8.42 Å². The predicted molar refractivity (Wildman–Crippen MR) is 51.4 cm³/mol. The molecule has 0 unspecified atom stereocenters. The lowest BCUT2D eigenvalue weighted by atomic mass is 10.4. The Kier molecular flexibility index (Phi) is 6.05. The molecule has 0 atom stereocenters. The highest BCUT2D eigenvalue weighted by Gasteiger charge is 2.20. The quantitative estimate of drug-likeness (QED) is 0.631. The van der Waals surface area contributed by atoms with Gasteiger partial charge < -0.3 is 0 Å². The molecular formula is C8H10N4O2S. The van der Waals surface area contributed by atoms with Gasteiger partial charge in [-0.2, -0.15) is 20.1 Å². The van der Waals surface area contributed by atoms with E-state index in [1.165, 1.54) is 0 Å². The summed E-state index contributed by atoms with van der Waals surface area (Å²) in [6, 6.07) is 5.18. The van der Waals surface area contributed by atoms with E-state index in [2.05, 4.69) is 0 Å². The summed E-state index contributed by atoms with van der Waals surface area (Å²) in [4.78, 5) is 0. The third-order valence-electron chi connectivity index (χ3n) is 1.59. The van der Waals surface area contributed by atoms with E-state index in [4.69, 9.17) is 15.8 Å². The van der Waals surface area contributed by atoms with Gasteiger partial charge in [0.05, 0.1) is 18.2 Å². The molecule has 80 valence electrons. The first-order valence-corrected chi connectivity index (χ1v) is 5.78. The molecule has 0 aliphatic rings. The van der Waals surface area contributed by atoms with Crippen molar-refractivity contribution in [2.24, 2.45) is 0 Å². The highest BCUT2D eigenvalue weighted by molar-refractivity contribution is 7.89. The Hall–Kier alpha value is -1.62. The number of rotatable bonds is 6. The van der Waals surface area contributed by atoms with Crippen LogP contribution in [-0.2, 0) is 10.0 Å². The minimum Gasteiger partial charge on any atom is -0.211 e. The van der Waals surface area contributed by atoms with E-state index in [-0.39, 0.29) is 25.9 Å². The second-order valence-electron chi connectivity index (χ2n) is 2.63. The summed E-state index contributed by atoms with van der Waals surface area (Å²) < 4.78 is 23.9. The lowest BCUT2D eigenvalue weighted by Gasteiger charge is -2.17. The van der Waals surface area contributed by atoms with Crippen LogP contribution in [0.4, 0.5) is 0 Å². The van der Waals surface area contributed by atoms with Gasteiger partial charge in [-0.25, -0.2) is 8.42 Å². The lowest BCUT2D eigenvalue weighted by Crippen LogP contribution is -2.34. The van der Waals surface area contributed by atoms with Crippen LogP contribution in [0.1, 0.15) is 12.8 Å². The normalized spacial score (nSPS) is 10.3. The van der Waals surface area contributed by atoms with Crippen molar-refractivity contribution in [3.8, 4) is 18.2 Å². The van der Waals surface area contributed by atoms with E-state index in [0.29, 0.717) is 0 Å². The van der Waals surface area contributed by atoms with Gasteiger partial charge in [-0.15, -0.1) is 0 Å². The van der Waals surface area contributed by atoms with Crippen LogP contribution in [0.15, 0.2) is 0 Å². The monoisotopic (exact) mass is 226 g/mol. The Bertz CT molecular complexity index is 391. The smallest absolute Gasteiger partial charge is 0.211 e. The molecule has 0 aromatic heterocycles. The molecule has 0 heterocycles. The van der Waals surface area contributed by atoms with Crippen molar-refractivity contribution in [2.45, 2.75) is 12.8 Å². The van der Waals surface area contributed by atoms with E-state index in [0.717, 1.165) is 4.31 Å². The van der Waals surface area contributed by atoms with Gasteiger partial charge in [0.1, 0.15) is 0 Å². The van der Waals surface area contributed by atoms with Gasteiger partial charge in [-0.1, -0.05) is 0 Å². The largest absolute Gasteiger partial charge is 0.227 e. The van der Waals surface area contributed by atoms with Gasteiger partial charge in [0.25, 0.3) is 0 Å². The number of hydrogen-bond acceptors (Lipinski definition) is 5. The van der Waals surface area contributed by atoms with Crippen molar-refractivity contribution in [1.29, 1.82) is 15.8 Å². The Labute approximate surface area is 89.0 Å². The Morgan fingerprint density at radius 1 is 0.933 bits per heavy atom. The molecule has 0 saturated carbocycles. The van der Waals surface area contributed by atoms with Crippen molar-refractivity contribution in [1.82, 2.24) is 4.31 Å². The van der Waals surface area contributed by atoms with Gasteiger partial charge in [0.2, 0.25) is 10.0 Å². The lowest BCUT2D eigenvalue weighted by molar-refractivity contribution is 0.427. The van der Waals surface area contributed by atoms with Crippen molar-refractivity contribution in [3.63, 3.8) is 0 Å². The summed E-state index contributed by atoms with van der Waals surface area (Å²) in [5.74, 6) is -0.621. The molecule has 0 bridgehead atoms. The number of sulfonamides is 1. The average Bonchev–Trinajstić information content (AvgIpc) is 2.17. The van der Waals surface area contributed by atoms with Crippen LogP contribution in [0.25, 0.3) is 0 Å². The van der Waals surface area contributed by atoms with Gasteiger partial charge in [0, 0.05) is 25.9 Å². The summed E-state index contributed by atoms with van der Waals surface area (Å²) in [5, 5.41) is 25.0. The molecule has 6 nitrogen and oxygen atoms in total. The molecule has 0 aromatic carbocycles. The first-order valence-electron chi connectivity index (χ1n) is 4.17. The van der Waals surface area contributed by atoms with Crippen molar-refractivity contribution in [2.75, 3.05) is 18.8 Å². The Morgan fingerprint density at radius 3 is 1.73 bits per heavy atom. The topological polar surface area (TPSA) is 109 Å². The minimum absolute atomic E-state index is 0.0300. The zero-order chi connectivity index (χ0) is 11.7. The van der Waals surface area contributed by atoms with Gasteiger partial charge in [-0.3, -0.25) is 0 Å². The van der Waals surface area contributed by atoms with Crippen LogP contribution in [-0.4, -0.2) is 31.6 Å². The zero-order valence-electron chi connectivity index (χ0n) is 8.05. The maximum atomic E-state index is 11.4. The fourth-order valence-corrected chi connectivity index (χ4v) is 2.00. The van der Waals surface area contributed by atoms with Crippen molar-refractivity contribution < 1.29 is 8.42 Å². The molecular weight excluding hydrogens is 216 g/mol. The molecule has 7 heteroatoms. The van der Waals surface area contributed by atoms with Gasteiger partial charge in [-0.05, 0) is 0 Å². The highest BCUT2D eigenvalue weighted by atomic mass is 32.2. The maximum Gasteiger partial charge on any atom is 0.227 e. The van der Waals surface area contributed by atoms with Gasteiger partial charge >= 0.3 is 0 Å². The van der Waals surface area contributed by atoms with Crippen LogP contribution in [0.2, 0.25) is 0 Å². The molecule has 0 aliphatic heterocycles. The molecule has 0 radical (unpaired) electrons. The summed E-state index contributed by atoms with van der Waals surface area (Å²) in [7, 11) is -3.65. The first-order chi connectivity index (χ1) is 7.08. The molecule has 15 heavy (non-hydrogen) atoms. The van der Waals surface area contributed by atoms with Crippen LogP contribution in [0.5, 0.6) is 0 Å². The molecule has 0 N–H and O–H groups in total. The summed E-state index contributed by atoms with van der Waals surface area (Å²) >= 11 is 0. The van der Waals surface area contributed by atoms with E-state index in [1.54, 1.807) is 6.07 Å². The average molecular weight is 226 g/mol. The molecule has 0 fully saturated rings. The first kappa shape index (κ1) is 13.4. The van der Waals surface area contributed by atoms with Crippen molar-refractivity contribution in [3.05, 3.63) is 0 Å². The van der Waals surface area contributed by atoms with Crippen LogP contribution in [0, 0.1) is 34.0 Å². The van der Waals surface area contributed by atoms with E-state index in [1.807, 2.05) is 12.1 Å². The second kappa shape index (κ2) is 6.78. The summed E-state index contributed by atoms with van der Waals surface area (Å²) in [6.45, 7) is 0.0599. The van der Waals surface area contributed by atoms with Crippen molar-refractivity contribution >= 4 is 10.0 Å². The van der Waals surface area contributed by atoms with Crippen LogP contribution in [0.3, 0.4) is 0 Å². The van der Waals surface area contributed by atoms with Crippen LogP contribution >= 0.6 is 0 Å². The Morgan fingerprint density at radius 2 is 1.40 bits per heavy atom. The second-order valence-corrected chi connectivity index (χ2v) is 4.60. The third-order valence-corrected chi connectivity index (χ3v) is 3.23. The number of nitriles is 3. The third kappa shape index (κ3) is 4.97. The van der Waals surface area contributed by atoms with Crippen LogP contribution < -0.4 is 0 Å².